The number of fused-ring (bicyclic) bond motifs is 1. The van der Waals surface area contributed by atoms with Crippen LogP contribution < -0.4 is 4.90 Å². The highest BCUT2D eigenvalue weighted by atomic mass is 127. The smallest absolute Gasteiger partial charge is 0.0445 e. The second kappa shape index (κ2) is 5.20. The summed E-state index contributed by atoms with van der Waals surface area (Å²) in [4.78, 5) is 2.31. The molecule has 74 valence electrons. The molecule has 0 saturated carbocycles. The van der Waals surface area contributed by atoms with Crippen LogP contribution in [0.25, 0.3) is 6.08 Å². The molecule has 1 aromatic rings. The van der Waals surface area contributed by atoms with Crippen molar-refractivity contribution in [2.45, 2.75) is 0 Å². The molecule has 0 atom stereocenters. The highest BCUT2D eigenvalue weighted by molar-refractivity contribution is 14.0. The molecular weight excluding hydrogens is 285 g/mol. The fourth-order valence-electron chi connectivity index (χ4n) is 1.65. The fourth-order valence-corrected chi connectivity index (χ4v) is 1.65. The van der Waals surface area contributed by atoms with E-state index in [-0.39, 0.29) is 24.0 Å². The summed E-state index contributed by atoms with van der Waals surface area (Å²) in [6, 6.07) is 8.44. The lowest BCUT2D eigenvalue weighted by Crippen LogP contribution is -2.25. The fraction of sp³-hybridized carbons (Fsp3) is 0.167. The monoisotopic (exact) mass is 299 g/mol. The number of rotatable bonds is 2. The van der Waals surface area contributed by atoms with E-state index < -0.39 is 0 Å². The second-order valence-corrected chi connectivity index (χ2v) is 3.15. The standard InChI is InChI=1S/C12H13N.HI/c1-2-9-13-10-5-7-11-6-3-4-8-12(11)13;/h2-8H,1,9-10H2;1H. The number of benzene rings is 1. The molecular formula is C12H14IN. The van der Waals surface area contributed by atoms with Gasteiger partial charge in [0.25, 0.3) is 0 Å². The van der Waals surface area contributed by atoms with Crippen molar-refractivity contribution in [3.8, 4) is 0 Å². The third-order valence-electron chi connectivity index (χ3n) is 2.25. The Bertz CT molecular complexity index is 344. The van der Waals surface area contributed by atoms with Gasteiger partial charge in [0.15, 0.2) is 0 Å². The van der Waals surface area contributed by atoms with E-state index in [1.54, 1.807) is 0 Å². The zero-order chi connectivity index (χ0) is 9.10. The van der Waals surface area contributed by atoms with Crippen molar-refractivity contribution in [1.82, 2.24) is 0 Å². The van der Waals surface area contributed by atoms with Gasteiger partial charge in [-0.05, 0) is 11.6 Å². The average Bonchev–Trinajstić information content (AvgIpc) is 2.19. The molecule has 0 saturated heterocycles. The average molecular weight is 299 g/mol. The van der Waals surface area contributed by atoms with E-state index in [4.69, 9.17) is 0 Å². The van der Waals surface area contributed by atoms with Crippen LogP contribution in [-0.4, -0.2) is 13.1 Å². The van der Waals surface area contributed by atoms with E-state index in [0.29, 0.717) is 0 Å². The van der Waals surface area contributed by atoms with E-state index in [9.17, 15) is 0 Å². The van der Waals surface area contributed by atoms with Crippen molar-refractivity contribution in [2.75, 3.05) is 18.0 Å². The summed E-state index contributed by atoms with van der Waals surface area (Å²) < 4.78 is 0. The van der Waals surface area contributed by atoms with Gasteiger partial charge in [-0.2, -0.15) is 0 Å². The summed E-state index contributed by atoms with van der Waals surface area (Å²) >= 11 is 0. The normalized spacial score (nSPS) is 13.0. The minimum Gasteiger partial charge on any atom is -0.364 e. The highest BCUT2D eigenvalue weighted by Crippen LogP contribution is 2.24. The van der Waals surface area contributed by atoms with Crippen LogP contribution in [0.1, 0.15) is 5.56 Å². The quantitative estimate of drug-likeness (QED) is 0.598. The molecule has 1 aliphatic heterocycles. The van der Waals surface area contributed by atoms with Crippen molar-refractivity contribution in [1.29, 1.82) is 0 Å². The first-order chi connectivity index (χ1) is 6.42. The summed E-state index contributed by atoms with van der Waals surface area (Å²) in [7, 11) is 0. The van der Waals surface area contributed by atoms with Crippen molar-refractivity contribution in [3.05, 3.63) is 48.6 Å². The lowest BCUT2D eigenvalue weighted by molar-refractivity contribution is 0.947. The Hall–Kier alpha value is -0.770. The van der Waals surface area contributed by atoms with Crippen molar-refractivity contribution >= 4 is 35.7 Å². The largest absolute Gasteiger partial charge is 0.364 e. The number of anilines is 1. The Labute approximate surface area is 102 Å². The Kier molecular flexibility index (Phi) is 4.20. The van der Waals surface area contributed by atoms with Crippen LogP contribution in [0.3, 0.4) is 0 Å². The first-order valence-corrected chi connectivity index (χ1v) is 4.53. The molecule has 0 aromatic heterocycles. The first-order valence-electron chi connectivity index (χ1n) is 4.53. The number of hydrogen-bond donors (Lipinski definition) is 0. The molecule has 1 nitrogen and oxygen atoms in total. The zero-order valence-electron chi connectivity index (χ0n) is 8.02. The van der Waals surface area contributed by atoms with Gasteiger partial charge in [-0.25, -0.2) is 0 Å². The van der Waals surface area contributed by atoms with Crippen molar-refractivity contribution < 1.29 is 0 Å². The number of hydrogen-bond acceptors (Lipinski definition) is 1. The summed E-state index contributed by atoms with van der Waals surface area (Å²) in [5.41, 5.74) is 2.61. The minimum atomic E-state index is 0. The number of para-hydroxylation sites is 1. The summed E-state index contributed by atoms with van der Waals surface area (Å²) in [6.07, 6.45) is 6.30. The van der Waals surface area contributed by atoms with E-state index in [0.717, 1.165) is 13.1 Å². The third-order valence-corrected chi connectivity index (χ3v) is 2.25. The Morgan fingerprint density at radius 1 is 1.36 bits per heavy atom. The molecule has 14 heavy (non-hydrogen) atoms. The van der Waals surface area contributed by atoms with E-state index in [1.807, 2.05) is 6.08 Å². The lowest BCUT2D eigenvalue weighted by atomic mass is 10.1. The van der Waals surface area contributed by atoms with Crippen LogP contribution in [0.5, 0.6) is 0 Å². The van der Waals surface area contributed by atoms with Crippen LogP contribution in [0.4, 0.5) is 5.69 Å². The van der Waals surface area contributed by atoms with Gasteiger partial charge in [0, 0.05) is 18.8 Å². The molecule has 0 bridgehead atoms. The van der Waals surface area contributed by atoms with Crippen molar-refractivity contribution in [2.24, 2.45) is 0 Å². The lowest BCUT2D eigenvalue weighted by Gasteiger charge is -2.26. The van der Waals surface area contributed by atoms with Crippen LogP contribution in [0, 0.1) is 0 Å². The Morgan fingerprint density at radius 3 is 2.93 bits per heavy atom. The molecule has 0 unspecified atom stereocenters. The molecule has 2 rings (SSSR count). The summed E-state index contributed by atoms with van der Waals surface area (Å²) in [5.74, 6) is 0. The third kappa shape index (κ3) is 2.18. The van der Waals surface area contributed by atoms with Crippen LogP contribution in [0.2, 0.25) is 0 Å². The van der Waals surface area contributed by atoms with Gasteiger partial charge in [0.2, 0.25) is 0 Å². The number of halogens is 1. The van der Waals surface area contributed by atoms with Crippen LogP contribution >= 0.6 is 24.0 Å². The Morgan fingerprint density at radius 2 is 2.14 bits per heavy atom. The molecule has 0 aliphatic carbocycles. The maximum absolute atomic E-state index is 3.76. The van der Waals surface area contributed by atoms with E-state index in [1.165, 1.54) is 11.3 Å². The molecule has 2 heteroatoms. The van der Waals surface area contributed by atoms with E-state index >= 15 is 0 Å². The van der Waals surface area contributed by atoms with Crippen LogP contribution in [0.15, 0.2) is 43.0 Å². The first kappa shape index (κ1) is 11.3. The predicted octanol–water partition coefficient (Wildman–Crippen LogP) is 3.32. The van der Waals surface area contributed by atoms with Gasteiger partial charge in [-0.1, -0.05) is 36.4 Å². The molecule has 0 amide bonds. The molecule has 1 heterocycles. The topological polar surface area (TPSA) is 3.24 Å². The molecule has 1 aliphatic rings. The molecule has 0 N–H and O–H groups in total. The van der Waals surface area contributed by atoms with Gasteiger partial charge < -0.3 is 4.90 Å². The Balaban J connectivity index is 0.000000980. The molecule has 1 aromatic carbocycles. The van der Waals surface area contributed by atoms with E-state index in [2.05, 4.69) is 47.9 Å². The highest BCUT2D eigenvalue weighted by Gasteiger charge is 2.09. The maximum atomic E-state index is 3.76. The maximum Gasteiger partial charge on any atom is 0.0445 e. The predicted molar refractivity (Wildman–Crippen MR) is 73.3 cm³/mol. The zero-order valence-corrected chi connectivity index (χ0v) is 10.3. The van der Waals surface area contributed by atoms with Gasteiger partial charge in [-0.15, -0.1) is 30.6 Å². The molecule has 0 fully saturated rings. The SMILES string of the molecule is C=CCN1CC=Cc2ccccc21.I. The summed E-state index contributed by atoms with van der Waals surface area (Å²) in [6.45, 7) is 5.67. The minimum absolute atomic E-state index is 0. The van der Waals surface area contributed by atoms with Gasteiger partial charge in [0.05, 0.1) is 0 Å². The number of nitrogens with zero attached hydrogens (tertiary/aromatic N) is 1. The van der Waals surface area contributed by atoms with Gasteiger partial charge in [-0.3, -0.25) is 0 Å². The van der Waals surface area contributed by atoms with Gasteiger partial charge >= 0.3 is 0 Å². The van der Waals surface area contributed by atoms with Crippen molar-refractivity contribution in [3.63, 3.8) is 0 Å². The van der Waals surface area contributed by atoms with Gasteiger partial charge in [0.1, 0.15) is 0 Å². The molecule has 0 spiro atoms. The summed E-state index contributed by atoms with van der Waals surface area (Å²) in [5, 5.41) is 0. The second-order valence-electron chi connectivity index (χ2n) is 3.15. The van der Waals surface area contributed by atoms with Crippen LogP contribution in [-0.2, 0) is 0 Å². The molecule has 0 radical (unpaired) electrons.